The predicted molar refractivity (Wildman–Crippen MR) is 77.6 cm³/mol. The number of nitriles is 1. The van der Waals surface area contributed by atoms with Gasteiger partial charge in [0.25, 0.3) is 0 Å². The second kappa shape index (κ2) is 5.82. The molecule has 106 valence electrons. The van der Waals surface area contributed by atoms with Crippen molar-refractivity contribution < 1.29 is 4.74 Å². The zero-order valence-corrected chi connectivity index (χ0v) is 12.0. The number of hydrogen-bond donors (Lipinski definition) is 0. The molecule has 0 N–H and O–H groups in total. The van der Waals surface area contributed by atoms with E-state index in [1.165, 1.54) is 25.9 Å². The summed E-state index contributed by atoms with van der Waals surface area (Å²) in [6, 6.07) is 8.73. The standard InChI is InChI=1S/C16H21N3O/c1-20-16-5-2-13(11-17)10-14(16)12-18-6-8-19(9-7-18)15-3-4-15/h2,5,10,15H,3-4,6-9,12H2,1H3. The van der Waals surface area contributed by atoms with Gasteiger partial charge in [0.2, 0.25) is 0 Å². The molecule has 0 aromatic heterocycles. The number of ether oxygens (including phenoxy) is 1. The maximum absolute atomic E-state index is 9.02. The monoisotopic (exact) mass is 271 g/mol. The van der Waals surface area contributed by atoms with Crippen LogP contribution in [-0.4, -0.2) is 49.1 Å². The second-order valence-corrected chi connectivity index (χ2v) is 5.68. The molecule has 20 heavy (non-hydrogen) atoms. The lowest BCUT2D eigenvalue weighted by Gasteiger charge is -2.35. The van der Waals surface area contributed by atoms with Crippen molar-refractivity contribution in [2.45, 2.75) is 25.4 Å². The molecule has 2 aliphatic rings. The Morgan fingerprint density at radius 3 is 2.60 bits per heavy atom. The van der Waals surface area contributed by atoms with E-state index >= 15 is 0 Å². The molecule has 2 fully saturated rings. The number of hydrogen-bond acceptors (Lipinski definition) is 4. The van der Waals surface area contributed by atoms with Crippen LogP contribution in [0.25, 0.3) is 0 Å². The molecule has 1 aromatic rings. The summed E-state index contributed by atoms with van der Waals surface area (Å²) < 4.78 is 5.41. The summed E-state index contributed by atoms with van der Waals surface area (Å²) >= 11 is 0. The lowest BCUT2D eigenvalue weighted by Crippen LogP contribution is -2.46. The molecule has 1 saturated heterocycles. The van der Waals surface area contributed by atoms with E-state index in [1.807, 2.05) is 18.2 Å². The minimum absolute atomic E-state index is 0.706. The molecular weight excluding hydrogens is 250 g/mol. The zero-order valence-electron chi connectivity index (χ0n) is 12.0. The quantitative estimate of drug-likeness (QED) is 0.838. The van der Waals surface area contributed by atoms with Gasteiger partial charge in [-0.1, -0.05) is 0 Å². The highest BCUT2D eigenvalue weighted by atomic mass is 16.5. The van der Waals surface area contributed by atoms with Crippen molar-refractivity contribution >= 4 is 0 Å². The first-order chi connectivity index (χ1) is 9.80. The summed E-state index contributed by atoms with van der Waals surface area (Å²) in [4.78, 5) is 5.07. The van der Waals surface area contributed by atoms with Crippen LogP contribution in [0.3, 0.4) is 0 Å². The van der Waals surface area contributed by atoms with Crippen LogP contribution in [-0.2, 0) is 6.54 Å². The molecule has 4 nitrogen and oxygen atoms in total. The third-order valence-corrected chi connectivity index (χ3v) is 4.27. The summed E-state index contributed by atoms with van der Waals surface area (Å²) in [5.74, 6) is 0.883. The lowest BCUT2D eigenvalue weighted by molar-refractivity contribution is 0.121. The van der Waals surface area contributed by atoms with Crippen molar-refractivity contribution in [2.24, 2.45) is 0 Å². The van der Waals surface area contributed by atoms with E-state index in [9.17, 15) is 0 Å². The van der Waals surface area contributed by atoms with Gasteiger partial charge in [-0.25, -0.2) is 0 Å². The van der Waals surface area contributed by atoms with Crippen molar-refractivity contribution in [1.82, 2.24) is 9.80 Å². The minimum atomic E-state index is 0.706. The summed E-state index contributed by atoms with van der Waals surface area (Å²) in [6.07, 6.45) is 2.77. The second-order valence-electron chi connectivity index (χ2n) is 5.68. The fraction of sp³-hybridized carbons (Fsp3) is 0.562. The van der Waals surface area contributed by atoms with Crippen LogP contribution >= 0.6 is 0 Å². The smallest absolute Gasteiger partial charge is 0.123 e. The van der Waals surface area contributed by atoms with Crippen molar-refractivity contribution in [3.63, 3.8) is 0 Å². The maximum atomic E-state index is 9.02. The van der Waals surface area contributed by atoms with E-state index in [4.69, 9.17) is 10.00 Å². The topological polar surface area (TPSA) is 39.5 Å². The number of nitrogens with zero attached hydrogens (tertiary/aromatic N) is 3. The van der Waals surface area contributed by atoms with Gasteiger partial charge >= 0.3 is 0 Å². The predicted octanol–water partition coefficient (Wildman–Crippen LogP) is 1.85. The van der Waals surface area contributed by atoms with E-state index in [0.717, 1.165) is 37.0 Å². The highest BCUT2D eigenvalue weighted by Gasteiger charge is 2.31. The van der Waals surface area contributed by atoms with Gasteiger partial charge in [-0.2, -0.15) is 5.26 Å². The van der Waals surface area contributed by atoms with Crippen molar-refractivity contribution in [1.29, 1.82) is 5.26 Å². The normalized spacial score (nSPS) is 20.6. The Balaban J connectivity index is 1.64. The molecule has 0 unspecified atom stereocenters. The van der Waals surface area contributed by atoms with Gasteiger partial charge in [-0.15, -0.1) is 0 Å². The van der Waals surface area contributed by atoms with Crippen LogP contribution in [0.15, 0.2) is 18.2 Å². The molecule has 0 amide bonds. The lowest BCUT2D eigenvalue weighted by atomic mass is 10.1. The Kier molecular flexibility index (Phi) is 3.90. The van der Waals surface area contributed by atoms with E-state index in [0.29, 0.717) is 5.56 Å². The van der Waals surface area contributed by atoms with Crippen LogP contribution in [0.2, 0.25) is 0 Å². The van der Waals surface area contributed by atoms with Gasteiger partial charge in [0.05, 0.1) is 18.7 Å². The van der Waals surface area contributed by atoms with E-state index in [1.54, 1.807) is 7.11 Å². The van der Waals surface area contributed by atoms with Crippen LogP contribution < -0.4 is 4.74 Å². The fourth-order valence-corrected chi connectivity index (χ4v) is 2.94. The summed E-state index contributed by atoms with van der Waals surface area (Å²) in [6.45, 7) is 5.43. The van der Waals surface area contributed by atoms with Gasteiger partial charge in [-0.05, 0) is 31.0 Å². The first-order valence-electron chi connectivity index (χ1n) is 7.33. The maximum Gasteiger partial charge on any atom is 0.123 e. The van der Waals surface area contributed by atoms with Crippen LogP contribution in [0.5, 0.6) is 5.75 Å². The van der Waals surface area contributed by atoms with Gasteiger partial charge in [0, 0.05) is 44.3 Å². The number of benzene rings is 1. The summed E-state index contributed by atoms with van der Waals surface area (Å²) in [7, 11) is 1.69. The first-order valence-corrected chi connectivity index (χ1v) is 7.33. The number of methoxy groups -OCH3 is 1. The average molecular weight is 271 g/mol. The average Bonchev–Trinajstić information content (AvgIpc) is 3.32. The van der Waals surface area contributed by atoms with E-state index in [2.05, 4.69) is 15.9 Å². The molecule has 0 radical (unpaired) electrons. The van der Waals surface area contributed by atoms with Gasteiger partial charge in [0.15, 0.2) is 0 Å². The van der Waals surface area contributed by atoms with Crippen LogP contribution in [0.4, 0.5) is 0 Å². The van der Waals surface area contributed by atoms with Crippen LogP contribution in [0, 0.1) is 11.3 Å². The van der Waals surface area contributed by atoms with Gasteiger partial charge in [-0.3, -0.25) is 9.80 Å². The number of rotatable bonds is 4. The Bertz CT molecular complexity index is 511. The molecule has 1 saturated carbocycles. The molecule has 1 heterocycles. The van der Waals surface area contributed by atoms with E-state index < -0.39 is 0 Å². The third-order valence-electron chi connectivity index (χ3n) is 4.27. The molecular formula is C16H21N3O. The Labute approximate surface area is 120 Å². The molecule has 3 rings (SSSR count). The molecule has 1 aliphatic heterocycles. The Morgan fingerprint density at radius 2 is 2.00 bits per heavy atom. The van der Waals surface area contributed by atoms with Gasteiger partial charge in [0.1, 0.15) is 5.75 Å². The molecule has 0 spiro atoms. The largest absolute Gasteiger partial charge is 0.496 e. The minimum Gasteiger partial charge on any atom is -0.496 e. The van der Waals surface area contributed by atoms with Crippen molar-refractivity contribution in [3.05, 3.63) is 29.3 Å². The van der Waals surface area contributed by atoms with Gasteiger partial charge < -0.3 is 4.74 Å². The Hall–Kier alpha value is -1.57. The SMILES string of the molecule is COc1ccc(C#N)cc1CN1CCN(C2CC2)CC1. The third kappa shape index (κ3) is 2.95. The van der Waals surface area contributed by atoms with E-state index in [-0.39, 0.29) is 0 Å². The highest BCUT2D eigenvalue weighted by molar-refractivity contribution is 5.42. The Morgan fingerprint density at radius 1 is 1.25 bits per heavy atom. The summed E-state index contributed by atoms with van der Waals surface area (Å²) in [5, 5.41) is 9.02. The first kappa shape index (κ1) is 13.4. The summed E-state index contributed by atoms with van der Waals surface area (Å²) in [5.41, 5.74) is 1.82. The zero-order chi connectivity index (χ0) is 13.9. The van der Waals surface area contributed by atoms with Crippen LogP contribution in [0.1, 0.15) is 24.0 Å². The van der Waals surface area contributed by atoms with Crippen molar-refractivity contribution in [2.75, 3.05) is 33.3 Å². The highest BCUT2D eigenvalue weighted by Crippen LogP contribution is 2.28. The fourth-order valence-electron chi connectivity index (χ4n) is 2.94. The number of piperazine rings is 1. The molecule has 1 aromatic carbocycles. The molecule has 0 bridgehead atoms. The molecule has 4 heteroatoms. The van der Waals surface area contributed by atoms with Crippen molar-refractivity contribution in [3.8, 4) is 11.8 Å². The molecule has 1 aliphatic carbocycles. The molecule has 0 atom stereocenters.